The summed E-state index contributed by atoms with van der Waals surface area (Å²) in [5, 5.41) is 13.4. The quantitative estimate of drug-likeness (QED) is 0.432. The fourth-order valence-electron chi connectivity index (χ4n) is 2.35. The Kier molecular flexibility index (Phi) is 8.18. The summed E-state index contributed by atoms with van der Waals surface area (Å²) >= 11 is 1.48. The Labute approximate surface area is 178 Å². The van der Waals surface area contributed by atoms with Gasteiger partial charge in [-0.2, -0.15) is 0 Å². The van der Waals surface area contributed by atoms with Crippen molar-refractivity contribution < 1.29 is 28.9 Å². The lowest BCUT2D eigenvalue weighted by Gasteiger charge is -2.10. The van der Waals surface area contributed by atoms with E-state index in [0.29, 0.717) is 11.5 Å². The van der Waals surface area contributed by atoms with E-state index >= 15 is 0 Å². The van der Waals surface area contributed by atoms with Crippen LogP contribution < -0.4 is 19.5 Å². The van der Waals surface area contributed by atoms with E-state index in [4.69, 9.17) is 24.1 Å². The summed E-state index contributed by atoms with van der Waals surface area (Å²) in [4.78, 5) is 24.6. The van der Waals surface area contributed by atoms with Gasteiger partial charge in [-0.1, -0.05) is 0 Å². The number of rotatable bonds is 6. The first-order valence-electron chi connectivity index (χ1n) is 8.75. The Balaban J connectivity index is 0.000000735. The monoisotopic (exact) mass is 430 g/mol. The van der Waals surface area contributed by atoms with Crippen LogP contribution >= 0.6 is 11.3 Å². The number of benzene rings is 2. The van der Waals surface area contributed by atoms with Crippen molar-refractivity contribution in [3.63, 3.8) is 0 Å². The number of carboxylic acids is 1. The Bertz CT molecular complexity index is 997. The second kappa shape index (κ2) is 10.8. The molecule has 2 N–H and O–H groups in total. The first kappa shape index (κ1) is 22.7. The highest BCUT2D eigenvalue weighted by Gasteiger charge is 2.10. The van der Waals surface area contributed by atoms with Crippen LogP contribution in [0.2, 0.25) is 0 Å². The molecule has 0 aliphatic carbocycles. The van der Waals surface area contributed by atoms with Crippen molar-refractivity contribution in [2.75, 3.05) is 19.5 Å². The van der Waals surface area contributed by atoms with Crippen LogP contribution in [-0.2, 0) is 9.59 Å². The van der Waals surface area contributed by atoms with Crippen molar-refractivity contribution in [3.05, 3.63) is 47.8 Å². The lowest BCUT2D eigenvalue weighted by Crippen LogP contribution is -2.00. The zero-order chi connectivity index (χ0) is 22.1. The average Bonchev–Trinajstić information content (AvgIpc) is 3.16. The number of carboxylic acid groups (broad SMARTS) is 1. The number of nitrogens with one attached hydrogen (secondary N) is 1. The number of anilines is 2. The fourth-order valence-corrected chi connectivity index (χ4v) is 3.08. The minimum Gasteiger partial charge on any atom is -0.497 e. The summed E-state index contributed by atoms with van der Waals surface area (Å²) in [7, 11) is 3.23. The van der Waals surface area contributed by atoms with Gasteiger partial charge in [0.05, 0.1) is 25.6 Å². The summed E-state index contributed by atoms with van der Waals surface area (Å²) in [6.07, 6.45) is 0. The predicted molar refractivity (Wildman–Crippen MR) is 115 cm³/mol. The molecule has 1 aromatic heterocycles. The van der Waals surface area contributed by atoms with Gasteiger partial charge >= 0.3 is 5.97 Å². The van der Waals surface area contributed by atoms with Gasteiger partial charge < -0.3 is 24.6 Å². The number of carbonyl (C=O) groups excluding carboxylic acids is 1. The Morgan fingerprint density at radius 1 is 1.00 bits per heavy atom. The van der Waals surface area contributed by atoms with E-state index < -0.39 is 5.97 Å². The molecular formula is C21H22N2O6S. The van der Waals surface area contributed by atoms with Crippen LogP contribution in [0.3, 0.4) is 0 Å². The summed E-state index contributed by atoms with van der Waals surface area (Å²) in [6.45, 7) is 2.46. The van der Waals surface area contributed by atoms with E-state index in [2.05, 4.69) is 10.3 Å². The number of esters is 1. The standard InChI is InChI=1S/C19H18N2O4S.C2H4O2/c1-12(22)25-14-6-4-13(5-7-14)17-11-26-19(21-17)20-16-10-15(23-2)8-9-18(16)24-3;1-2(3)4/h4-11H,1-3H3,(H,20,21);1H3,(H,3,4). The number of hydrogen-bond donors (Lipinski definition) is 2. The number of ether oxygens (including phenoxy) is 3. The van der Waals surface area contributed by atoms with Crippen LogP contribution in [0.5, 0.6) is 17.2 Å². The van der Waals surface area contributed by atoms with Crippen molar-refractivity contribution in [2.45, 2.75) is 13.8 Å². The molecule has 9 heteroatoms. The zero-order valence-electron chi connectivity index (χ0n) is 17.0. The summed E-state index contributed by atoms with van der Waals surface area (Å²) in [5.41, 5.74) is 2.54. The van der Waals surface area contributed by atoms with E-state index in [0.717, 1.165) is 34.7 Å². The second-order valence-corrected chi connectivity index (χ2v) is 6.72. The number of thiazole rings is 1. The Morgan fingerprint density at radius 3 is 2.20 bits per heavy atom. The molecule has 0 saturated heterocycles. The van der Waals surface area contributed by atoms with Crippen LogP contribution in [0.25, 0.3) is 11.3 Å². The van der Waals surface area contributed by atoms with Crippen LogP contribution in [0.1, 0.15) is 13.8 Å². The van der Waals surface area contributed by atoms with Gasteiger partial charge in [-0.25, -0.2) is 4.98 Å². The first-order chi connectivity index (χ1) is 14.3. The minimum atomic E-state index is -0.833. The maximum atomic E-state index is 11.0. The maximum absolute atomic E-state index is 11.0. The molecule has 0 unspecified atom stereocenters. The Morgan fingerprint density at radius 2 is 1.63 bits per heavy atom. The molecular weight excluding hydrogens is 408 g/mol. The number of aromatic nitrogens is 1. The highest BCUT2D eigenvalue weighted by atomic mass is 32.1. The molecule has 0 aliphatic rings. The molecule has 8 nitrogen and oxygen atoms in total. The summed E-state index contributed by atoms with van der Waals surface area (Å²) in [5.74, 6) is 0.764. The van der Waals surface area contributed by atoms with Gasteiger partial charge in [0.2, 0.25) is 0 Å². The lowest BCUT2D eigenvalue weighted by atomic mass is 10.2. The van der Waals surface area contributed by atoms with Gasteiger partial charge in [0.25, 0.3) is 5.97 Å². The van der Waals surface area contributed by atoms with Crippen LogP contribution in [0.4, 0.5) is 10.8 Å². The molecule has 0 aliphatic heterocycles. The van der Waals surface area contributed by atoms with E-state index in [1.165, 1.54) is 18.3 Å². The molecule has 0 saturated carbocycles. The average molecular weight is 430 g/mol. The van der Waals surface area contributed by atoms with Crippen molar-refractivity contribution >= 4 is 34.1 Å². The minimum absolute atomic E-state index is 0.342. The van der Waals surface area contributed by atoms with Gasteiger partial charge in [-0.15, -0.1) is 11.3 Å². The molecule has 3 rings (SSSR count). The molecule has 0 atom stereocenters. The largest absolute Gasteiger partial charge is 0.497 e. The highest BCUT2D eigenvalue weighted by molar-refractivity contribution is 7.14. The zero-order valence-corrected chi connectivity index (χ0v) is 17.8. The van der Waals surface area contributed by atoms with Crippen molar-refractivity contribution in [1.29, 1.82) is 0 Å². The number of methoxy groups -OCH3 is 2. The number of carbonyl (C=O) groups is 2. The maximum Gasteiger partial charge on any atom is 0.308 e. The number of aliphatic carboxylic acids is 1. The molecule has 30 heavy (non-hydrogen) atoms. The molecule has 2 aromatic carbocycles. The molecule has 0 radical (unpaired) electrons. The van der Waals surface area contributed by atoms with Gasteiger partial charge in [0.15, 0.2) is 5.13 Å². The third kappa shape index (κ3) is 6.78. The smallest absolute Gasteiger partial charge is 0.308 e. The molecule has 0 amide bonds. The van der Waals surface area contributed by atoms with Gasteiger partial charge in [0, 0.05) is 30.9 Å². The van der Waals surface area contributed by atoms with E-state index in [9.17, 15) is 4.79 Å². The van der Waals surface area contributed by atoms with Crippen molar-refractivity contribution in [3.8, 4) is 28.5 Å². The van der Waals surface area contributed by atoms with Gasteiger partial charge in [0.1, 0.15) is 17.2 Å². The van der Waals surface area contributed by atoms with Crippen LogP contribution in [0, 0.1) is 0 Å². The second-order valence-electron chi connectivity index (χ2n) is 5.87. The first-order valence-corrected chi connectivity index (χ1v) is 9.63. The van der Waals surface area contributed by atoms with Crippen molar-refractivity contribution in [2.24, 2.45) is 0 Å². The third-order valence-corrected chi connectivity index (χ3v) is 4.32. The summed E-state index contributed by atoms with van der Waals surface area (Å²) in [6, 6.07) is 12.7. The Hall–Kier alpha value is -3.59. The molecule has 0 spiro atoms. The lowest BCUT2D eigenvalue weighted by molar-refractivity contribution is -0.134. The van der Waals surface area contributed by atoms with E-state index in [1.807, 2.05) is 35.7 Å². The molecule has 158 valence electrons. The van der Waals surface area contributed by atoms with Crippen molar-refractivity contribution in [1.82, 2.24) is 4.98 Å². The van der Waals surface area contributed by atoms with E-state index in [-0.39, 0.29) is 5.97 Å². The highest BCUT2D eigenvalue weighted by Crippen LogP contribution is 2.34. The SMILES string of the molecule is CC(=O)O.COc1ccc(OC)c(Nc2nc(-c3ccc(OC(C)=O)cc3)cs2)c1. The predicted octanol–water partition coefficient (Wildman–Crippen LogP) is 4.59. The number of nitrogens with zero attached hydrogens (tertiary/aromatic N) is 1. The molecule has 3 aromatic rings. The fraction of sp³-hybridized carbons (Fsp3) is 0.190. The summed E-state index contributed by atoms with van der Waals surface area (Å²) < 4.78 is 15.7. The van der Waals surface area contributed by atoms with Gasteiger partial charge in [-0.05, 0) is 36.4 Å². The third-order valence-electron chi connectivity index (χ3n) is 3.56. The molecule has 1 heterocycles. The number of hydrogen-bond acceptors (Lipinski definition) is 8. The molecule has 0 bridgehead atoms. The van der Waals surface area contributed by atoms with Crippen LogP contribution in [-0.4, -0.2) is 36.2 Å². The van der Waals surface area contributed by atoms with Gasteiger partial charge in [-0.3, -0.25) is 9.59 Å². The topological polar surface area (TPSA) is 107 Å². The molecule has 0 fully saturated rings. The van der Waals surface area contributed by atoms with E-state index in [1.54, 1.807) is 26.4 Å². The normalized spacial score (nSPS) is 9.73. The van der Waals surface area contributed by atoms with Crippen LogP contribution in [0.15, 0.2) is 47.8 Å².